The fourth-order valence-electron chi connectivity index (χ4n) is 4.21. The van der Waals surface area contributed by atoms with Crippen LogP contribution in [0.1, 0.15) is 62.9 Å². The van der Waals surface area contributed by atoms with Crippen LogP contribution in [0.15, 0.2) is 17.2 Å². The van der Waals surface area contributed by atoms with Crippen LogP contribution in [-0.4, -0.2) is 54.4 Å². The number of hydrogen-bond donors (Lipinski definition) is 1. The number of amides is 1. The molecular weight excluding hydrogens is 394 g/mol. The van der Waals surface area contributed by atoms with Crippen molar-refractivity contribution in [2.24, 2.45) is 13.0 Å². The Labute approximate surface area is 172 Å². The Kier molecular flexibility index (Phi) is 6.68. The number of hydrogen-bond acceptors (Lipinski definition) is 5. The standard InChI is InChI=1S/C20H31N3O5S/c1-4-28-20(25)18-12-16(13-22(18)3)29(26,27)23-11-5-6-17(23)19(24)21-15-9-7-14(2)8-10-15/h12-15,17H,4-11H2,1-3H3,(H,21,24). The SMILES string of the molecule is CCOC(=O)c1cc(S(=O)(=O)N2CCCC2C(=O)NC2CCC(C)CC2)cn1C. The van der Waals surface area contributed by atoms with E-state index in [0.717, 1.165) is 25.7 Å². The molecular formula is C20H31N3O5S. The summed E-state index contributed by atoms with van der Waals surface area (Å²) >= 11 is 0. The van der Waals surface area contributed by atoms with Crippen molar-refractivity contribution >= 4 is 21.9 Å². The van der Waals surface area contributed by atoms with Crippen molar-refractivity contribution in [1.82, 2.24) is 14.2 Å². The van der Waals surface area contributed by atoms with Gasteiger partial charge >= 0.3 is 5.97 Å². The molecule has 2 fully saturated rings. The van der Waals surface area contributed by atoms with Crippen LogP contribution in [0.2, 0.25) is 0 Å². The zero-order chi connectivity index (χ0) is 21.2. The number of carbonyl (C=O) groups is 2. The maximum Gasteiger partial charge on any atom is 0.354 e. The Morgan fingerprint density at radius 2 is 1.90 bits per heavy atom. The number of rotatable bonds is 6. The van der Waals surface area contributed by atoms with Gasteiger partial charge < -0.3 is 14.6 Å². The molecule has 1 N–H and O–H groups in total. The molecule has 0 bridgehead atoms. The van der Waals surface area contributed by atoms with Crippen LogP contribution in [0.4, 0.5) is 0 Å². The van der Waals surface area contributed by atoms with E-state index in [2.05, 4.69) is 12.2 Å². The number of aromatic nitrogens is 1. The van der Waals surface area contributed by atoms with Gasteiger partial charge in [-0.15, -0.1) is 0 Å². The maximum atomic E-state index is 13.2. The fraction of sp³-hybridized carbons (Fsp3) is 0.700. The smallest absolute Gasteiger partial charge is 0.354 e. The Hall–Kier alpha value is -1.87. The molecule has 3 rings (SSSR count). The average molecular weight is 426 g/mol. The summed E-state index contributed by atoms with van der Waals surface area (Å²) in [7, 11) is -2.29. The van der Waals surface area contributed by atoms with E-state index in [0.29, 0.717) is 25.3 Å². The van der Waals surface area contributed by atoms with Gasteiger partial charge in [-0.25, -0.2) is 13.2 Å². The highest BCUT2D eigenvalue weighted by atomic mass is 32.2. The largest absolute Gasteiger partial charge is 0.461 e. The van der Waals surface area contributed by atoms with Crippen molar-refractivity contribution < 1.29 is 22.7 Å². The Balaban J connectivity index is 1.75. The minimum absolute atomic E-state index is 0.00856. The summed E-state index contributed by atoms with van der Waals surface area (Å²) in [5.74, 6) is -0.107. The van der Waals surface area contributed by atoms with Crippen molar-refractivity contribution in [2.45, 2.75) is 69.4 Å². The van der Waals surface area contributed by atoms with Crippen LogP contribution < -0.4 is 5.32 Å². The van der Waals surface area contributed by atoms with E-state index >= 15 is 0 Å². The third-order valence-electron chi connectivity index (χ3n) is 5.94. The number of sulfonamides is 1. The molecule has 8 nitrogen and oxygen atoms in total. The van der Waals surface area contributed by atoms with Crippen LogP contribution in [0.25, 0.3) is 0 Å². The van der Waals surface area contributed by atoms with Crippen LogP contribution >= 0.6 is 0 Å². The highest BCUT2D eigenvalue weighted by Gasteiger charge is 2.41. The Morgan fingerprint density at radius 1 is 1.21 bits per heavy atom. The van der Waals surface area contributed by atoms with Crippen molar-refractivity contribution in [1.29, 1.82) is 0 Å². The molecule has 1 aliphatic carbocycles. The first-order chi connectivity index (χ1) is 13.7. The third kappa shape index (κ3) is 4.66. The van der Waals surface area contributed by atoms with Gasteiger partial charge in [0.15, 0.2) is 0 Å². The van der Waals surface area contributed by atoms with Gasteiger partial charge in [-0.2, -0.15) is 4.31 Å². The summed E-state index contributed by atoms with van der Waals surface area (Å²) in [5, 5.41) is 3.06. The molecule has 1 saturated carbocycles. The summed E-state index contributed by atoms with van der Waals surface area (Å²) in [6.07, 6.45) is 6.58. The van der Waals surface area contributed by atoms with Gasteiger partial charge in [-0.1, -0.05) is 6.92 Å². The van der Waals surface area contributed by atoms with Crippen LogP contribution in [0, 0.1) is 5.92 Å². The number of nitrogens with one attached hydrogen (secondary N) is 1. The molecule has 1 aromatic rings. The van der Waals surface area contributed by atoms with Crippen LogP contribution in [-0.2, 0) is 26.6 Å². The second kappa shape index (κ2) is 8.87. The highest BCUT2D eigenvalue weighted by molar-refractivity contribution is 7.89. The van der Waals surface area contributed by atoms with Gasteiger partial charge in [0.25, 0.3) is 0 Å². The third-order valence-corrected chi connectivity index (χ3v) is 7.81. The van der Waals surface area contributed by atoms with E-state index in [4.69, 9.17) is 4.74 Å². The summed E-state index contributed by atoms with van der Waals surface area (Å²) in [4.78, 5) is 24.9. The van der Waals surface area contributed by atoms with E-state index in [1.807, 2.05) is 0 Å². The van der Waals surface area contributed by atoms with Gasteiger partial charge in [-0.3, -0.25) is 4.79 Å². The molecule has 1 aliphatic heterocycles. The number of carbonyl (C=O) groups excluding carboxylic acids is 2. The van der Waals surface area contributed by atoms with E-state index in [1.165, 1.54) is 21.1 Å². The van der Waals surface area contributed by atoms with Gasteiger partial charge in [0, 0.05) is 25.8 Å². The van der Waals surface area contributed by atoms with E-state index < -0.39 is 22.0 Å². The lowest BCUT2D eigenvalue weighted by Crippen LogP contribution is -2.49. The van der Waals surface area contributed by atoms with Gasteiger partial charge in [0.2, 0.25) is 15.9 Å². The van der Waals surface area contributed by atoms with Crippen molar-refractivity contribution in [2.75, 3.05) is 13.2 Å². The number of nitrogens with zero attached hydrogens (tertiary/aromatic N) is 2. The molecule has 1 unspecified atom stereocenters. The first kappa shape index (κ1) is 21.8. The minimum atomic E-state index is -3.89. The monoisotopic (exact) mass is 425 g/mol. The zero-order valence-electron chi connectivity index (χ0n) is 17.4. The van der Waals surface area contributed by atoms with Crippen molar-refractivity contribution in [3.63, 3.8) is 0 Å². The van der Waals surface area contributed by atoms with Crippen LogP contribution in [0.3, 0.4) is 0 Å². The van der Waals surface area contributed by atoms with Crippen molar-refractivity contribution in [3.05, 3.63) is 18.0 Å². The summed E-state index contributed by atoms with van der Waals surface area (Å²) in [6.45, 7) is 4.42. The molecule has 9 heteroatoms. The Morgan fingerprint density at radius 3 is 2.55 bits per heavy atom. The average Bonchev–Trinajstić information content (AvgIpc) is 3.31. The predicted molar refractivity (Wildman–Crippen MR) is 108 cm³/mol. The Bertz CT molecular complexity index is 855. The predicted octanol–water partition coefficient (Wildman–Crippen LogP) is 2.05. The lowest BCUT2D eigenvalue weighted by atomic mass is 9.87. The lowest BCUT2D eigenvalue weighted by Gasteiger charge is -2.29. The molecule has 1 saturated heterocycles. The topological polar surface area (TPSA) is 97.7 Å². The molecule has 162 valence electrons. The quantitative estimate of drug-likeness (QED) is 0.704. The fourth-order valence-corrected chi connectivity index (χ4v) is 5.94. The maximum absolute atomic E-state index is 13.2. The van der Waals surface area contributed by atoms with Crippen LogP contribution in [0.5, 0.6) is 0 Å². The molecule has 2 heterocycles. The zero-order valence-corrected chi connectivity index (χ0v) is 18.2. The minimum Gasteiger partial charge on any atom is -0.461 e. The first-order valence-corrected chi connectivity index (χ1v) is 11.8. The summed E-state index contributed by atoms with van der Waals surface area (Å²) in [6, 6.07) is 0.741. The number of ether oxygens (including phenoxy) is 1. The molecule has 1 amide bonds. The molecule has 0 spiro atoms. The number of esters is 1. The molecule has 0 radical (unpaired) electrons. The second-order valence-electron chi connectivity index (χ2n) is 8.13. The molecule has 29 heavy (non-hydrogen) atoms. The highest BCUT2D eigenvalue weighted by Crippen LogP contribution is 2.29. The molecule has 1 aromatic heterocycles. The van der Waals surface area contributed by atoms with E-state index in [9.17, 15) is 18.0 Å². The molecule has 1 atom stereocenters. The summed E-state index contributed by atoms with van der Waals surface area (Å²) in [5.41, 5.74) is 0.168. The van der Waals surface area contributed by atoms with Gasteiger partial charge in [0.1, 0.15) is 16.6 Å². The number of aryl methyl sites for hydroxylation is 1. The van der Waals surface area contributed by atoms with Gasteiger partial charge in [-0.05, 0) is 57.4 Å². The van der Waals surface area contributed by atoms with E-state index in [-0.39, 0.29) is 29.1 Å². The second-order valence-corrected chi connectivity index (χ2v) is 10.0. The van der Waals surface area contributed by atoms with E-state index in [1.54, 1.807) is 14.0 Å². The first-order valence-electron chi connectivity index (χ1n) is 10.4. The van der Waals surface area contributed by atoms with Gasteiger partial charge in [0.05, 0.1) is 6.61 Å². The lowest BCUT2D eigenvalue weighted by molar-refractivity contribution is -0.125. The molecule has 2 aliphatic rings. The summed E-state index contributed by atoms with van der Waals surface area (Å²) < 4.78 is 34.1. The van der Waals surface area contributed by atoms with Crippen molar-refractivity contribution in [3.8, 4) is 0 Å². The molecule has 0 aromatic carbocycles. The normalized spacial score (nSPS) is 25.7.